The van der Waals surface area contributed by atoms with Crippen LogP contribution in [0.5, 0.6) is 0 Å². The Morgan fingerprint density at radius 1 is 1.05 bits per heavy atom. The van der Waals surface area contributed by atoms with Gasteiger partial charge in [-0.15, -0.1) is 0 Å². The molecule has 1 heterocycles. The van der Waals surface area contributed by atoms with Crippen LogP contribution in [0.3, 0.4) is 0 Å². The molecule has 1 aromatic heterocycles. The van der Waals surface area contributed by atoms with Crippen molar-refractivity contribution in [3.8, 4) is 11.3 Å². The number of halogens is 1. The molecular weight excluding hydrogens is 284 g/mol. The number of nitrogens with zero attached hydrogens (tertiary/aromatic N) is 3. The molecule has 0 atom stereocenters. The number of benzene rings is 2. The zero-order chi connectivity index (χ0) is 14.7. The van der Waals surface area contributed by atoms with Gasteiger partial charge in [-0.3, -0.25) is 0 Å². The van der Waals surface area contributed by atoms with Crippen LogP contribution in [0.2, 0.25) is 5.02 Å². The standard InChI is InChI=1S/C16H13ClN4/c17-14-8-6-12(7-9-14)10-19-21-11-15(20-16(21)18)13-4-2-1-3-5-13/h1-11H,(H2,18,20)/b19-10+. The van der Waals surface area contributed by atoms with Gasteiger partial charge in [0.05, 0.1) is 18.1 Å². The van der Waals surface area contributed by atoms with Crippen molar-refractivity contribution < 1.29 is 0 Å². The van der Waals surface area contributed by atoms with Crippen LogP contribution >= 0.6 is 11.6 Å². The van der Waals surface area contributed by atoms with E-state index < -0.39 is 0 Å². The highest BCUT2D eigenvalue weighted by molar-refractivity contribution is 6.30. The molecule has 4 nitrogen and oxygen atoms in total. The fraction of sp³-hybridized carbons (Fsp3) is 0. The second-order valence-corrected chi connectivity index (χ2v) is 4.93. The number of hydrogen-bond donors (Lipinski definition) is 1. The van der Waals surface area contributed by atoms with Gasteiger partial charge in [0.15, 0.2) is 0 Å². The van der Waals surface area contributed by atoms with E-state index in [0.717, 1.165) is 16.8 Å². The van der Waals surface area contributed by atoms with E-state index in [-0.39, 0.29) is 0 Å². The van der Waals surface area contributed by atoms with Gasteiger partial charge in [-0.2, -0.15) is 5.10 Å². The van der Waals surface area contributed by atoms with Gasteiger partial charge in [0.2, 0.25) is 5.95 Å². The van der Waals surface area contributed by atoms with E-state index in [0.29, 0.717) is 11.0 Å². The van der Waals surface area contributed by atoms with Crippen molar-refractivity contribution in [2.24, 2.45) is 5.10 Å². The summed E-state index contributed by atoms with van der Waals surface area (Å²) in [6.07, 6.45) is 3.51. The summed E-state index contributed by atoms with van der Waals surface area (Å²) in [5.41, 5.74) is 8.62. The Hall–Kier alpha value is -2.59. The van der Waals surface area contributed by atoms with Crippen molar-refractivity contribution in [3.05, 3.63) is 71.4 Å². The molecule has 3 rings (SSSR count). The van der Waals surface area contributed by atoms with E-state index in [9.17, 15) is 0 Å². The van der Waals surface area contributed by atoms with Crippen LogP contribution in [-0.4, -0.2) is 15.9 Å². The first-order valence-electron chi connectivity index (χ1n) is 6.42. The molecule has 2 aromatic carbocycles. The number of hydrogen-bond acceptors (Lipinski definition) is 3. The maximum absolute atomic E-state index is 5.88. The van der Waals surface area contributed by atoms with Crippen LogP contribution in [0.25, 0.3) is 11.3 Å². The lowest BCUT2D eigenvalue weighted by Crippen LogP contribution is -1.96. The maximum Gasteiger partial charge on any atom is 0.221 e. The Kier molecular flexibility index (Phi) is 3.71. The van der Waals surface area contributed by atoms with Crippen molar-refractivity contribution in [3.63, 3.8) is 0 Å². The monoisotopic (exact) mass is 296 g/mol. The highest BCUT2D eigenvalue weighted by Crippen LogP contribution is 2.19. The molecule has 3 aromatic rings. The molecule has 0 amide bonds. The van der Waals surface area contributed by atoms with E-state index in [1.165, 1.54) is 0 Å². The highest BCUT2D eigenvalue weighted by Gasteiger charge is 2.05. The number of imidazole rings is 1. The molecule has 0 spiro atoms. The molecule has 0 unspecified atom stereocenters. The second kappa shape index (κ2) is 5.81. The van der Waals surface area contributed by atoms with Gasteiger partial charge < -0.3 is 5.73 Å². The van der Waals surface area contributed by atoms with Gasteiger partial charge in [-0.1, -0.05) is 54.1 Å². The van der Waals surface area contributed by atoms with Gasteiger partial charge in [-0.05, 0) is 17.7 Å². The molecule has 21 heavy (non-hydrogen) atoms. The molecule has 2 N–H and O–H groups in total. The van der Waals surface area contributed by atoms with Crippen LogP contribution < -0.4 is 5.73 Å². The molecule has 0 saturated carbocycles. The van der Waals surface area contributed by atoms with E-state index >= 15 is 0 Å². The first kappa shape index (κ1) is 13.4. The molecule has 0 fully saturated rings. The topological polar surface area (TPSA) is 56.2 Å². The van der Waals surface area contributed by atoms with Crippen LogP contribution in [0.4, 0.5) is 5.95 Å². The van der Waals surface area contributed by atoms with Crippen LogP contribution in [0.1, 0.15) is 5.56 Å². The first-order chi connectivity index (χ1) is 10.2. The van der Waals surface area contributed by atoms with Gasteiger partial charge in [0.25, 0.3) is 0 Å². The minimum absolute atomic E-state index is 0.346. The van der Waals surface area contributed by atoms with Crippen molar-refractivity contribution >= 4 is 23.8 Å². The Morgan fingerprint density at radius 2 is 1.76 bits per heavy atom. The number of rotatable bonds is 3. The van der Waals surface area contributed by atoms with E-state index in [2.05, 4.69) is 10.1 Å². The largest absolute Gasteiger partial charge is 0.368 e. The molecule has 0 saturated heterocycles. The maximum atomic E-state index is 5.88. The summed E-state index contributed by atoms with van der Waals surface area (Å²) in [4.78, 5) is 4.31. The van der Waals surface area contributed by atoms with E-state index in [1.807, 2.05) is 54.6 Å². The Morgan fingerprint density at radius 3 is 2.48 bits per heavy atom. The molecule has 5 heteroatoms. The summed E-state index contributed by atoms with van der Waals surface area (Å²) in [5, 5.41) is 5.01. The lowest BCUT2D eigenvalue weighted by atomic mass is 10.2. The van der Waals surface area contributed by atoms with E-state index in [1.54, 1.807) is 17.1 Å². The lowest BCUT2D eigenvalue weighted by Gasteiger charge is -1.96. The molecule has 0 radical (unpaired) electrons. The predicted molar refractivity (Wildman–Crippen MR) is 86.5 cm³/mol. The predicted octanol–water partition coefficient (Wildman–Crippen LogP) is 3.67. The fourth-order valence-electron chi connectivity index (χ4n) is 1.90. The Labute approximate surface area is 127 Å². The third kappa shape index (κ3) is 3.12. The third-order valence-corrected chi connectivity index (χ3v) is 3.24. The normalized spacial score (nSPS) is 11.1. The molecule has 0 aliphatic carbocycles. The first-order valence-corrected chi connectivity index (χ1v) is 6.80. The quantitative estimate of drug-likeness (QED) is 0.750. The van der Waals surface area contributed by atoms with Crippen LogP contribution in [-0.2, 0) is 0 Å². The van der Waals surface area contributed by atoms with Gasteiger partial charge in [-0.25, -0.2) is 9.66 Å². The van der Waals surface area contributed by atoms with Gasteiger partial charge >= 0.3 is 0 Å². The second-order valence-electron chi connectivity index (χ2n) is 4.49. The summed E-state index contributed by atoms with van der Waals surface area (Å²) in [5.74, 6) is 0.346. The SMILES string of the molecule is Nc1nc(-c2ccccc2)cn1/N=C/c1ccc(Cl)cc1. The van der Waals surface area contributed by atoms with Crippen molar-refractivity contribution in [2.75, 3.05) is 5.73 Å². The number of nitrogens with two attached hydrogens (primary N) is 1. The molecule has 0 bridgehead atoms. The smallest absolute Gasteiger partial charge is 0.221 e. The Bertz CT molecular complexity index is 761. The zero-order valence-corrected chi connectivity index (χ0v) is 11.9. The van der Waals surface area contributed by atoms with Crippen LogP contribution in [0.15, 0.2) is 65.9 Å². The minimum atomic E-state index is 0.346. The van der Waals surface area contributed by atoms with Gasteiger partial charge in [0, 0.05) is 10.6 Å². The summed E-state index contributed by atoms with van der Waals surface area (Å²) in [6, 6.07) is 17.2. The number of aromatic nitrogens is 2. The minimum Gasteiger partial charge on any atom is -0.368 e. The molecular formula is C16H13ClN4. The van der Waals surface area contributed by atoms with Crippen LogP contribution in [0, 0.1) is 0 Å². The zero-order valence-electron chi connectivity index (χ0n) is 11.1. The number of anilines is 1. The Balaban J connectivity index is 1.86. The van der Waals surface area contributed by atoms with Crippen molar-refractivity contribution in [1.29, 1.82) is 0 Å². The fourth-order valence-corrected chi connectivity index (χ4v) is 2.03. The van der Waals surface area contributed by atoms with E-state index in [4.69, 9.17) is 17.3 Å². The highest BCUT2D eigenvalue weighted by atomic mass is 35.5. The molecule has 0 aliphatic rings. The number of nitrogen functional groups attached to an aromatic ring is 1. The molecule has 104 valence electrons. The van der Waals surface area contributed by atoms with Gasteiger partial charge in [0.1, 0.15) is 0 Å². The third-order valence-electron chi connectivity index (χ3n) is 2.99. The average Bonchev–Trinajstić information content (AvgIpc) is 2.89. The lowest BCUT2D eigenvalue weighted by molar-refractivity contribution is 0.898. The summed E-state index contributed by atoms with van der Waals surface area (Å²) in [6.45, 7) is 0. The molecule has 0 aliphatic heterocycles. The average molecular weight is 297 g/mol. The summed E-state index contributed by atoms with van der Waals surface area (Å²) >= 11 is 5.85. The van der Waals surface area contributed by atoms with Crippen molar-refractivity contribution in [1.82, 2.24) is 9.66 Å². The van der Waals surface area contributed by atoms with Crippen molar-refractivity contribution in [2.45, 2.75) is 0 Å². The summed E-state index contributed by atoms with van der Waals surface area (Å²) < 4.78 is 1.55. The summed E-state index contributed by atoms with van der Waals surface area (Å²) in [7, 11) is 0.